The first-order valence-electron chi connectivity index (χ1n) is 8.33. The first kappa shape index (κ1) is 17.4. The van der Waals surface area contributed by atoms with Crippen LogP contribution in [0.15, 0.2) is 0 Å². The SMILES string of the molecule is C[C@@H]1CCCCN1C(=O)[C@@H](C)NC(=O)CCN1C(=O)CCC1=O. The Morgan fingerprint density at radius 1 is 1.22 bits per heavy atom. The molecule has 2 rings (SSSR count). The molecule has 0 saturated carbocycles. The summed E-state index contributed by atoms with van der Waals surface area (Å²) >= 11 is 0. The van der Waals surface area contributed by atoms with Crippen LogP contribution < -0.4 is 5.32 Å². The van der Waals surface area contributed by atoms with Crippen molar-refractivity contribution in [2.75, 3.05) is 13.1 Å². The van der Waals surface area contributed by atoms with E-state index < -0.39 is 6.04 Å². The molecule has 23 heavy (non-hydrogen) atoms. The van der Waals surface area contributed by atoms with Crippen LogP contribution >= 0.6 is 0 Å². The summed E-state index contributed by atoms with van der Waals surface area (Å²) < 4.78 is 0. The molecule has 0 aromatic carbocycles. The molecule has 2 fully saturated rings. The van der Waals surface area contributed by atoms with Crippen molar-refractivity contribution in [3.05, 3.63) is 0 Å². The van der Waals surface area contributed by atoms with Crippen LogP contribution in [0.2, 0.25) is 0 Å². The van der Waals surface area contributed by atoms with Gasteiger partial charge in [0, 0.05) is 38.4 Å². The van der Waals surface area contributed by atoms with Crippen LogP contribution in [0.3, 0.4) is 0 Å². The van der Waals surface area contributed by atoms with Crippen LogP contribution in [0.5, 0.6) is 0 Å². The molecule has 1 N–H and O–H groups in total. The van der Waals surface area contributed by atoms with E-state index in [1.54, 1.807) is 6.92 Å². The normalized spacial score (nSPS) is 23.1. The quantitative estimate of drug-likeness (QED) is 0.743. The third kappa shape index (κ3) is 4.30. The lowest BCUT2D eigenvalue weighted by atomic mass is 10.0. The van der Waals surface area contributed by atoms with Crippen LogP contribution in [-0.2, 0) is 19.2 Å². The van der Waals surface area contributed by atoms with Crippen LogP contribution in [-0.4, -0.2) is 58.6 Å². The van der Waals surface area contributed by atoms with Gasteiger partial charge < -0.3 is 10.2 Å². The highest BCUT2D eigenvalue weighted by Gasteiger charge is 2.30. The zero-order valence-corrected chi connectivity index (χ0v) is 13.8. The molecule has 2 aliphatic heterocycles. The van der Waals surface area contributed by atoms with E-state index in [1.807, 2.05) is 11.8 Å². The highest BCUT2D eigenvalue weighted by atomic mass is 16.2. The predicted molar refractivity (Wildman–Crippen MR) is 83.2 cm³/mol. The highest BCUT2D eigenvalue weighted by Crippen LogP contribution is 2.17. The number of piperidine rings is 1. The average molecular weight is 323 g/mol. The second-order valence-corrected chi connectivity index (χ2v) is 6.35. The maximum atomic E-state index is 12.4. The molecule has 4 amide bonds. The summed E-state index contributed by atoms with van der Waals surface area (Å²) in [5.74, 6) is -0.843. The maximum Gasteiger partial charge on any atom is 0.245 e. The molecule has 2 atom stereocenters. The lowest BCUT2D eigenvalue weighted by molar-refractivity contribution is -0.141. The molecule has 0 unspecified atom stereocenters. The minimum absolute atomic E-state index is 0.0324. The number of nitrogens with zero attached hydrogens (tertiary/aromatic N) is 2. The van der Waals surface area contributed by atoms with Gasteiger partial charge in [-0.2, -0.15) is 0 Å². The standard InChI is InChI=1S/C16H25N3O4/c1-11-5-3-4-9-18(11)16(23)12(2)17-13(20)8-10-19-14(21)6-7-15(19)22/h11-12H,3-10H2,1-2H3,(H,17,20)/t11-,12-/m1/s1. The summed E-state index contributed by atoms with van der Waals surface area (Å²) in [4.78, 5) is 50.3. The van der Waals surface area contributed by atoms with E-state index in [-0.39, 0.29) is 55.5 Å². The Hall–Kier alpha value is -1.92. The Morgan fingerprint density at radius 3 is 2.48 bits per heavy atom. The second-order valence-electron chi connectivity index (χ2n) is 6.35. The summed E-state index contributed by atoms with van der Waals surface area (Å²) in [5, 5.41) is 2.67. The van der Waals surface area contributed by atoms with Crippen LogP contribution in [0.1, 0.15) is 52.4 Å². The number of nitrogens with one attached hydrogen (secondary N) is 1. The first-order valence-corrected chi connectivity index (χ1v) is 8.33. The number of hydrogen-bond acceptors (Lipinski definition) is 4. The van der Waals surface area contributed by atoms with E-state index >= 15 is 0 Å². The molecule has 128 valence electrons. The zero-order chi connectivity index (χ0) is 17.0. The van der Waals surface area contributed by atoms with Gasteiger partial charge in [0.25, 0.3) is 0 Å². The van der Waals surface area contributed by atoms with Gasteiger partial charge in [-0.1, -0.05) is 0 Å². The third-order valence-corrected chi connectivity index (χ3v) is 4.55. The van der Waals surface area contributed by atoms with Crippen molar-refractivity contribution in [2.24, 2.45) is 0 Å². The second kappa shape index (κ2) is 7.57. The lowest BCUT2D eigenvalue weighted by Crippen LogP contribution is -2.51. The first-order chi connectivity index (χ1) is 10.9. The fourth-order valence-corrected chi connectivity index (χ4v) is 3.14. The van der Waals surface area contributed by atoms with E-state index in [9.17, 15) is 19.2 Å². The molecule has 7 heteroatoms. The van der Waals surface area contributed by atoms with Crippen LogP contribution in [0, 0.1) is 0 Å². The van der Waals surface area contributed by atoms with Gasteiger partial charge in [-0.25, -0.2) is 0 Å². The number of carbonyl (C=O) groups is 4. The molecule has 0 spiro atoms. The van der Waals surface area contributed by atoms with Gasteiger partial charge in [0.15, 0.2) is 0 Å². The molecule has 0 radical (unpaired) electrons. The molecule has 0 aromatic rings. The summed E-state index contributed by atoms with van der Waals surface area (Å²) in [7, 11) is 0. The minimum Gasteiger partial charge on any atom is -0.345 e. The zero-order valence-electron chi connectivity index (χ0n) is 13.8. The van der Waals surface area contributed by atoms with Gasteiger partial charge >= 0.3 is 0 Å². The average Bonchev–Trinajstić information content (AvgIpc) is 2.83. The minimum atomic E-state index is -0.590. The fraction of sp³-hybridized carbons (Fsp3) is 0.750. The molecule has 0 aliphatic carbocycles. The third-order valence-electron chi connectivity index (χ3n) is 4.55. The van der Waals surface area contributed by atoms with Gasteiger partial charge in [0.05, 0.1) is 0 Å². The van der Waals surface area contributed by atoms with Crippen molar-refractivity contribution < 1.29 is 19.2 Å². The van der Waals surface area contributed by atoms with Gasteiger partial charge in [-0.05, 0) is 33.1 Å². The topological polar surface area (TPSA) is 86.8 Å². The predicted octanol–water partition coefficient (Wildman–Crippen LogP) is 0.431. The molecular formula is C16H25N3O4. The summed E-state index contributed by atoms with van der Waals surface area (Å²) in [6.45, 7) is 4.52. The van der Waals surface area contributed by atoms with Crippen molar-refractivity contribution in [3.8, 4) is 0 Å². The van der Waals surface area contributed by atoms with Crippen molar-refractivity contribution in [2.45, 2.75) is 64.5 Å². The molecule has 2 saturated heterocycles. The van der Waals surface area contributed by atoms with E-state index in [4.69, 9.17) is 0 Å². The van der Waals surface area contributed by atoms with E-state index in [2.05, 4.69) is 5.32 Å². The lowest BCUT2D eigenvalue weighted by Gasteiger charge is -2.35. The largest absolute Gasteiger partial charge is 0.345 e. The van der Waals surface area contributed by atoms with E-state index in [0.29, 0.717) is 0 Å². The maximum absolute atomic E-state index is 12.4. The Morgan fingerprint density at radius 2 is 1.87 bits per heavy atom. The highest BCUT2D eigenvalue weighted by molar-refractivity contribution is 6.02. The molecule has 0 bridgehead atoms. The number of hydrogen-bond donors (Lipinski definition) is 1. The monoisotopic (exact) mass is 323 g/mol. The van der Waals surface area contributed by atoms with E-state index in [1.165, 1.54) is 0 Å². The van der Waals surface area contributed by atoms with Crippen LogP contribution in [0.25, 0.3) is 0 Å². The molecule has 0 aromatic heterocycles. The van der Waals surface area contributed by atoms with Gasteiger partial charge in [0.1, 0.15) is 6.04 Å². The van der Waals surface area contributed by atoms with Crippen molar-refractivity contribution in [1.29, 1.82) is 0 Å². The van der Waals surface area contributed by atoms with E-state index in [0.717, 1.165) is 30.7 Å². The Kier molecular flexibility index (Phi) is 5.74. The number of likely N-dealkylation sites (tertiary alicyclic amines) is 2. The summed E-state index contributed by atoms with van der Waals surface area (Å²) in [5.41, 5.74) is 0. The molecule has 7 nitrogen and oxygen atoms in total. The van der Waals surface area contributed by atoms with Crippen molar-refractivity contribution in [3.63, 3.8) is 0 Å². The van der Waals surface area contributed by atoms with Gasteiger partial charge in [0.2, 0.25) is 23.6 Å². The van der Waals surface area contributed by atoms with Crippen molar-refractivity contribution >= 4 is 23.6 Å². The number of rotatable bonds is 5. The van der Waals surface area contributed by atoms with Gasteiger partial charge in [-0.3, -0.25) is 24.1 Å². The molecular weight excluding hydrogens is 298 g/mol. The number of imide groups is 1. The van der Waals surface area contributed by atoms with Crippen molar-refractivity contribution in [1.82, 2.24) is 15.1 Å². The summed E-state index contributed by atoms with van der Waals surface area (Å²) in [6.07, 6.45) is 3.60. The molecule has 2 heterocycles. The summed E-state index contributed by atoms with van der Waals surface area (Å²) in [6, 6.07) is -0.386. The molecule has 2 aliphatic rings. The Bertz CT molecular complexity index is 490. The fourth-order valence-electron chi connectivity index (χ4n) is 3.14. The Balaban J connectivity index is 1.78. The number of carbonyl (C=O) groups excluding carboxylic acids is 4. The smallest absolute Gasteiger partial charge is 0.245 e. The van der Waals surface area contributed by atoms with Gasteiger partial charge in [-0.15, -0.1) is 0 Å². The number of amides is 4. The van der Waals surface area contributed by atoms with Crippen LogP contribution in [0.4, 0.5) is 0 Å². The Labute approximate surface area is 136 Å².